The van der Waals surface area contributed by atoms with Gasteiger partial charge in [-0.1, -0.05) is 72.3 Å². The highest BCUT2D eigenvalue weighted by atomic mass is 35.5. The van der Waals surface area contributed by atoms with E-state index in [1.807, 2.05) is 17.0 Å². The fourth-order valence-corrected chi connectivity index (χ4v) is 4.62. The van der Waals surface area contributed by atoms with Crippen LogP contribution >= 0.6 is 11.6 Å². The minimum atomic E-state index is -0.448. The maximum Gasteiger partial charge on any atom is 0.353 e. The summed E-state index contributed by atoms with van der Waals surface area (Å²) in [5, 5.41) is 15.5. The predicted octanol–water partition coefficient (Wildman–Crippen LogP) is 5.09. The van der Waals surface area contributed by atoms with Crippen molar-refractivity contribution in [2.45, 2.75) is 6.04 Å². The Balaban J connectivity index is 1.38. The maximum atomic E-state index is 12.1. The van der Waals surface area contributed by atoms with E-state index in [2.05, 4.69) is 73.7 Å². The van der Waals surface area contributed by atoms with Crippen LogP contribution in [0.4, 0.5) is 23.1 Å². The fourth-order valence-electron chi connectivity index (χ4n) is 4.51. The van der Waals surface area contributed by atoms with Gasteiger partial charge in [-0.3, -0.25) is 15.0 Å². The Bertz CT molecular complexity index is 1280. The third-order valence-corrected chi connectivity index (χ3v) is 6.39. The molecule has 0 unspecified atom stereocenters. The van der Waals surface area contributed by atoms with Crippen molar-refractivity contribution >= 4 is 34.7 Å². The summed E-state index contributed by atoms with van der Waals surface area (Å²) in [6, 6.07) is 24.2. The maximum absolute atomic E-state index is 12.1. The smallest absolute Gasteiger partial charge is 0.348 e. The van der Waals surface area contributed by atoms with Crippen LogP contribution in [0.25, 0.3) is 0 Å². The molecule has 2 aromatic heterocycles. The molecule has 5 rings (SSSR count). The normalized spacial score (nSPS) is 14.1. The lowest BCUT2D eigenvalue weighted by Gasteiger charge is -2.40. The number of anilines is 3. The molecule has 1 aliphatic rings. The van der Waals surface area contributed by atoms with Crippen molar-refractivity contribution in [3.63, 3.8) is 0 Å². The monoisotopic (exact) mass is 501 g/mol. The fraction of sp³-hybridized carbons (Fsp3) is 0.192. The van der Waals surface area contributed by atoms with E-state index < -0.39 is 4.92 Å². The molecular formula is C26H24ClN7O2. The van der Waals surface area contributed by atoms with E-state index in [0.29, 0.717) is 29.7 Å². The van der Waals surface area contributed by atoms with Crippen molar-refractivity contribution in [1.82, 2.24) is 19.9 Å². The van der Waals surface area contributed by atoms with E-state index >= 15 is 0 Å². The van der Waals surface area contributed by atoms with Crippen LogP contribution in [0.15, 0.2) is 85.3 Å². The molecule has 2 aromatic carbocycles. The Morgan fingerprint density at radius 1 is 0.861 bits per heavy atom. The molecule has 182 valence electrons. The third-order valence-electron chi connectivity index (χ3n) is 6.17. The number of nitrogens with one attached hydrogen (secondary N) is 1. The molecule has 0 spiro atoms. The van der Waals surface area contributed by atoms with Crippen LogP contribution < -0.4 is 10.2 Å². The third kappa shape index (κ3) is 5.12. The molecule has 3 heterocycles. The largest absolute Gasteiger partial charge is 0.353 e. The molecule has 10 heteroatoms. The van der Waals surface area contributed by atoms with Gasteiger partial charge in [-0.25, -0.2) is 15.0 Å². The van der Waals surface area contributed by atoms with Gasteiger partial charge < -0.3 is 10.2 Å². The van der Waals surface area contributed by atoms with Crippen LogP contribution in [-0.2, 0) is 0 Å². The zero-order valence-electron chi connectivity index (χ0n) is 19.4. The lowest BCUT2D eigenvalue weighted by atomic mass is 9.96. The highest BCUT2D eigenvalue weighted by molar-refractivity contribution is 6.30. The molecule has 0 saturated carbocycles. The van der Waals surface area contributed by atoms with E-state index in [9.17, 15) is 10.1 Å². The molecule has 1 aliphatic heterocycles. The van der Waals surface area contributed by atoms with E-state index in [0.717, 1.165) is 13.1 Å². The first kappa shape index (κ1) is 23.7. The molecule has 1 saturated heterocycles. The van der Waals surface area contributed by atoms with Gasteiger partial charge >= 0.3 is 5.69 Å². The Morgan fingerprint density at radius 3 is 2.06 bits per heavy atom. The number of hydrogen-bond acceptors (Lipinski definition) is 8. The lowest BCUT2D eigenvalue weighted by Crippen LogP contribution is -2.48. The molecule has 0 bridgehead atoms. The number of halogens is 1. The van der Waals surface area contributed by atoms with Crippen LogP contribution in [-0.4, -0.2) is 51.0 Å². The highest BCUT2D eigenvalue weighted by Gasteiger charge is 2.32. The Kier molecular flexibility index (Phi) is 7.01. The van der Waals surface area contributed by atoms with Crippen molar-refractivity contribution in [1.29, 1.82) is 0 Å². The summed E-state index contributed by atoms with van der Waals surface area (Å²) in [6.07, 6.45) is 2.80. The summed E-state index contributed by atoms with van der Waals surface area (Å²) in [4.78, 5) is 28.6. The number of aromatic nitrogens is 3. The molecule has 0 atom stereocenters. The Labute approximate surface area is 213 Å². The number of benzene rings is 2. The number of nitrogens with zero attached hydrogens (tertiary/aromatic N) is 6. The second kappa shape index (κ2) is 10.7. The van der Waals surface area contributed by atoms with Crippen molar-refractivity contribution in [3.8, 4) is 0 Å². The van der Waals surface area contributed by atoms with Crippen LogP contribution in [0.2, 0.25) is 5.02 Å². The first-order valence-corrected chi connectivity index (χ1v) is 11.9. The number of piperazine rings is 1. The topological polar surface area (TPSA) is 100 Å². The molecule has 1 fully saturated rings. The van der Waals surface area contributed by atoms with Gasteiger partial charge in [0.25, 0.3) is 0 Å². The summed E-state index contributed by atoms with van der Waals surface area (Å²) < 4.78 is 0. The summed E-state index contributed by atoms with van der Waals surface area (Å²) in [7, 11) is 0. The van der Waals surface area contributed by atoms with Gasteiger partial charge in [0, 0.05) is 32.4 Å². The molecule has 0 aliphatic carbocycles. The summed E-state index contributed by atoms with van der Waals surface area (Å²) >= 11 is 5.90. The number of pyridine rings is 1. The molecular weight excluding hydrogens is 478 g/mol. The molecule has 4 aromatic rings. The minimum absolute atomic E-state index is 0.0914. The van der Waals surface area contributed by atoms with Crippen molar-refractivity contribution in [3.05, 3.63) is 112 Å². The number of nitro groups is 1. The first-order valence-electron chi connectivity index (χ1n) is 11.6. The van der Waals surface area contributed by atoms with Gasteiger partial charge in [-0.15, -0.1) is 0 Å². The standard InChI is InChI=1S/C26H24ClN7O2/c27-21-11-12-22(28-17-21)31-25-24(34(35)36)26(30-18-29-25)33-15-13-32(14-16-33)23(19-7-3-1-4-8-19)20-9-5-2-6-10-20/h1-12,17-18,23H,13-16H2,(H,28,29,30,31). The van der Waals surface area contributed by atoms with E-state index in [1.165, 1.54) is 23.7 Å². The molecule has 1 N–H and O–H groups in total. The second-order valence-corrected chi connectivity index (χ2v) is 8.82. The number of rotatable bonds is 7. The van der Waals surface area contributed by atoms with Crippen LogP contribution in [0.1, 0.15) is 17.2 Å². The van der Waals surface area contributed by atoms with Crippen LogP contribution in [0, 0.1) is 10.1 Å². The van der Waals surface area contributed by atoms with E-state index in [4.69, 9.17) is 11.6 Å². The molecule has 0 amide bonds. The Morgan fingerprint density at radius 2 is 1.50 bits per heavy atom. The first-order chi connectivity index (χ1) is 17.6. The van der Waals surface area contributed by atoms with Gasteiger partial charge in [-0.05, 0) is 23.3 Å². The highest BCUT2D eigenvalue weighted by Crippen LogP contribution is 2.35. The summed E-state index contributed by atoms with van der Waals surface area (Å²) in [5.41, 5.74) is 2.25. The lowest BCUT2D eigenvalue weighted by molar-refractivity contribution is -0.383. The molecule has 9 nitrogen and oxygen atoms in total. The van der Waals surface area contributed by atoms with Gasteiger partial charge in [0.2, 0.25) is 11.6 Å². The van der Waals surface area contributed by atoms with Crippen molar-refractivity contribution < 1.29 is 4.92 Å². The Hall–Kier alpha value is -4.08. The van der Waals surface area contributed by atoms with E-state index in [1.54, 1.807) is 12.1 Å². The van der Waals surface area contributed by atoms with Gasteiger partial charge in [-0.2, -0.15) is 0 Å². The average Bonchev–Trinajstić information content (AvgIpc) is 2.91. The van der Waals surface area contributed by atoms with Crippen LogP contribution in [0.5, 0.6) is 0 Å². The quantitative estimate of drug-likeness (QED) is 0.276. The minimum Gasteiger partial charge on any atom is -0.348 e. The zero-order chi connectivity index (χ0) is 24.9. The molecule has 36 heavy (non-hydrogen) atoms. The zero-order valence-corrected chi connectivity index (χ0v) is 20.1. The number of hydrogen-bond donors (Lipinski definition) is 1. The van der Waals surface area contributed by atoms with Gasteiger partial charge in [0.15, 0.2) is 0 Å². The average molecular weight is 502 g/mol. The predicted molar refractivity (Wildman–Crippen MR) is 140 cm³/mol. The summed E-state index contributed by atoms with van der Waals surface area (Å²) in [6.45, 7) is 2.62. The van der Waals surface area contributed by atoms with Crippen molar-refractivity contribution in [2.24, 2.45) is 0 Å². The van der Waals surface area contributed by atoms with Gasteiger partial charge in [0.1, 0.15) is 12.1 Å². The van der Waals surface area contributed by atoms with Crippen molar-refractivity contribution in [2.75, 3.05) is 36.4 Å². The second-order valence-electron chi connectivity index (χ2n) is 8.39. The van der Waals surface area contributed by atoms with Crippen LogP contribution in [0.3, 0.4) is 0 Å². The summed E-state index contributed by atoms with van der Waals surface area (Å²) in [5.74, 6) is 0.793. The SMILES string of the molecule is O=[N+]([O-])c1c(Nc2ccc(Cl)cn2)ncnc1N1CCN(C(c2ccccc2)c2ccccc2)CC1. The van der Waals surface area contributed by atoms with Gasteiger partial charge in [0.05, 0.1) is 16.0 Å². The molecule has 0 radical (unpaired) electrons. The van der Waals surface area contributed by atoms with E-state index in [-0.39, 0.29) is 17.5 Å².